The van der Waals surface area contributed by atoms with Crippen molar-refractivity contribution in [3.8, 4) is 0 Å². The van der Waals surface area contributed by atoms with Crippen molar-refractivity contribution >= 4 is 23.0 Å². The van der Waals surface area contributed by atoms with Gasteiger partial charge in [-0.25, -0.2) is 0 Å². The van der Waals surface area contributed by atoms with E-state index < -0.39 is 11.7 Å². The summed E-state index contributed by atoms with van der Waals surface area (Å²) in [6.07, 6.45) is -4.29. The zero-order chi connectivity index (χ0) is 18.4. The standard InChI is InChI=1S/C18H20F3N3O/c1-24(2)16-8-6-14(7-9-16)22-11-10-17(25)23-15-5-3-4-13(12-15)18(19,20)21/h3-9,12,22H,10-11H2,1-2H3,(H,23,25). The summed E-state index contributed by atoms with van der Waals surface area (Å²) in [6, 6.07) is 12.3. The van der Waals surface area contributed by atoms with Crippen molar-refractivity contribution in [3.05, 3.63) is 54.1 Å². The molecule has 0 fully saturated rings. The van der Waals surface area contributed by atoms with Crippen molar-refractivity contribution in [1.29, 1.82) is 0 Å². The van der Waals surface area contributed by atoms with Crippen molar-refractivity contribution in [2.75, 3.05) is 36.2 Å². The first-order chi connectivity index (χ1) is 11.8. The van der Waals surface area contributed by atoms with Crippen LogP contribution in [0.1, 0.15) is 12.0 Å². The molecule has 2 aromatic carbocycles. The summed E-state index contributed by atoms with van der Waals surface area (Å²) >= 11 is 0. The Hall–Kier alpha value is -2.70. The van der Waals surface area contributed by atoms with Crippen LogP contribution in [0.15, 0.2) is 48.5 Å². The molecule has 0 aliphatic carbocycles. The largest absolute Gasteiger partial charge is 0.416 e. The van der Waals surface area contributed by atoms with E-state index in [-0.39, 0.29) is 18.0 Å². The summed E-state index contributed by atoms with van der Waals surface area (Å²) in [6.45, 7) is 0.381. The minimum Gasteiger partial charge on any atom is -0.385 e. The zero-order valence-corrected chi connectivity index (χ0v) is 14.0. The summed E-state index contributed by atoms with van der Waals surface area (Å²) in [5.41, 5.74) is 1.28. The molecule has 0 atom stereocenters. The molecule has 0 saturated carbocycles. The number of anilines is 3. The van der Waals surface area contributed by atoms with Crippen LogP contribution in [-0.4, -0.2) is 26.5 Å². The highest BCUT2D eigenvalue weighted by molar-refractivity contribution is 5.91. The van der Waals surface area contributed by atoms with Crippen LogP contribution in [-0.2, 0) is 11.0 Å². The molecule has 2 N–H and O–H groups in total. The number of nitrogens with one attached hydrogen (secondary N) is 2. The van der Waals surface area contributed by atoms with Gasteiger partial charge in [0, 0.05) is 44.1 Å². The van der Waals surface area contributed by atoms with Crippen LogP contribution in [0, 0.1) is 0 Å². The monoisotopic (exact) mass is 351 g/mol. The highest BCUT2D eigenvalue weighted by Gasteiger charge is 2.30. The van der Waals surface area contributed by atoms with Gasteiger partial charge in [-0.05, 0) is 42.5 Å². The summed E-state index contributed by atoms with van der Waals surface area (Å²) < 4.78 is 37.9. The van der Waals surface area contributed by atoms with E-state index in [1.165, 1.54) is 12.1 Å². The second kappa shape index (κ2) is 7.92. The fourth-order valence-corrected chi connectivity index (χ4v) is 2.19. The fraction of sp³-hybridized carbons (Fsp3) is 0.278. The summed E-state index contributed by atoms with van der Waals surface area (Å²) in [4.78, 5) is 13.8. The predicted molar refractivity (Wildman–Crippen MR) is 93.9 cm³/mol. The number of halogens is 3. The van der Waals surface area contributed by atoms with Crippen molar-refractivity contribution in [1.82, 2.24) is 0 Å². The minimum atomic E-state index is -4.43. The zero-order valence-electron chi connectivity index (χ0n) is 14.0. The van der Waals surface area contributed by atoms with E-state index in [1.54, 1.807) is 0 Å². The molecule has 2 rings (SSSR count). The van der Waals surface area contributed by atoms with Crippen LogP contribution >= 0.6 is 0 Å². The van der Waals surface area contributed by atoms with Crippen LogP contribution in [0.4, 0.5) is 30.2 Å². The number of benzene rings is 2. The lowest BCUT2D eigenvalue weighted by Gasteiger charge is -2.13. The molecule has 0 unspecified atom stereocenters. The van der Waals surface area contributed by atoms with Gasteiger partial charge in [0.05, 0.1) is 5.56 Å². The number of carbonyl (C=O) groups excluding carboxylic acids is 1. The van der Waals surface area contributed by atoms with E-state index in [0.29, 0.717) is 6.54 Å². The van der Waals surface area contributed by atoms with Gasteiger partial charge in [-0.3, -0.25) is 4.79 Å². The number of carbonyl (C=O) groups is 1. The van der Waals surface area contributed by atoms with Crippen molar-refractivity contribution in [2.45, 2.75) is 12.6 Å². The molecule has 0 heterocycles. The Morgan fingerprint density at radius 1 is 1.04 bits per heavy atom. The summed E-state index contributed by atoms with van der Waals surface area (Å²) in [7, 11) is 3.89. The van der Waals surface area contributed by atoms with Gasteiger partial charge in [-0.15, -0.1) is 0 Å². The Morgan fingerprint density at radius 2 is 1.72 bits per heavy atom. The summed E-state index contributed by atoms with van der Waals surface area (Å²) in [5, 5.41) is 5.58. The van der Waals surface area contributed by atoms with Gasteiger partial charge < -0.3 is 15.5 Å². The van der Waals surface area contributed by atoms with E-state index >= 15 is 0 Å². The van der Waals surface area contributed by atoms with E-state index in [1.807, 2.05) is 43.3 Å². The lowest BCUT2D eigenvalue weighted by atomic mass is 10.2. The Labute approximate surface area is 144 Å². The smallest absolute Gasteiger partial charge is 0.385 e. The van der Waals surface area contributed by atoms with Crippen molar-refractivity contribution < 1.29 is 18.0 Å². The van der Waals surface area contributed by atoms with E-state index in [9.17, 15) is 18.0 Å². The van der Waals surface area contributed by atoms with Gasteiger partial charge in [0.15, 0.2) is 0 Å². The quantitative estimate of drug-likeness (QED) is 0.819. The Morgan fingerprint density at radius 3 is 2.32 bits per heavy atom. The number of hydrogen-bond donors (Lipinski definition) is 2. The highest BCUT2D eigenvalue weighted by Crippen LogP contribution is 2.30. The lowest BCUT2D eigenvalue weighted by Crippen LogP contribution is -2.17. The van der Waals surface area contributed by atoms with Gasteiger partial charge in [-0.2, -0.15) is 13.2 Å². The van der Waals surface area contributed by atoms with Crippen molar-refractivity contribution in [2.24, 2.45) is 0 Å². The Kier molecular flexibility index (Phi) is 5.90. The van der Waals surface area contributed by atoms with E-state index in [0.717, 1.165) is 23.5 Å². The maximum absolute atomic E-state index is 12.6. The number of alkyl halides is 3. The van der Waals surface area contributed by atoms with Gasteiger partial charge in [-0.1, -0.05) is 6.07 Å². The third-order valence-electron chi connectivity index (χ3n) is 3.54. The number of nitrogens with zero attached hydrogens (tertiary/aromatic N) is 1. The normalized spacial score (nSPS) is 11.1. The van der Waals surface area contributed by atoms with Crippen LogP contribution in [0.25, 0.3) is 0 Å². The molecule has 7 heteroatoms. The third kappa shape index (κ3) is 5.70. The number of hydrogen-bond acceptors (Lipinski definition) is 3. The maximum atomic E-state index is 12.6. The molecule has 0 aromatic heterocycles. The molecule has 4 nitrogen and oxygen atoms in total. The average molecular weight is 351 g/mol. The molecule has 2 aromatic rings. The van der Waals surface area contributed by atoms with Crippen LogP contribution in [0.5, 0.6) is 0 Å². The summed E-state index contributed by atoms with van der Waals surface area (Å²) in [5.74, 6) is -0.350. The molecule has 25 heavy (non-hydrogen) atoms. The SMILES string of the molecule is CN(C)c1ccc(NCCC(=O)Nc2cccc(C(F)(F)F)c2)cc1. The Balaban J connectivity index is 1.83. The minimum absolute atomic E-state index is 0.134. The van der Waals surface area contributed by atoms with Crippen LogP contribution < -0.4 is 15.5 Å². The first-order valence-corrected chi connectivity index (χ1v) is 7.74. The highest BCUT2D eigenvalue weighted by atomic mass is 19.4. The predicted octanol–water partition coefficient (Wildman–Crippen LogP) is 4.21. The fourth-order valence-electron chi connectivity index (χ4n) is 2.19. The molecule has 1 amide bonds. The second-order valence-corrected chi connectivity index (χ2v) is 5.74. The van der Waals surface area contributed by atoms with Gasteiger partial charge >= 0.3 is 6.18 Å². The molecule has 0 aliphatic heterocycles. The van der Waals surface area contributed by atoms with E-state index in [2.05, 4.69) is 10.6 Å². The first-order valence-electron chi connectivity index (χ1n) is 7.74. The van der Waals surface area contributed by atoms with Crippen molar-refractivity contribution in [3.63, 3.8) is 0 Å². The number of rotatable bonds is 6. The molecule has 0 saturated heterocycles. The molecule has 134 valence electrons. The van der Waals surface area contributed by atoms with Crippen LogP contribution in [0.3, 0.4) is 0 Å². The third-order valence-corrected chi connectivity index (χ3v) is 3.54. The molecular weight excluding hydrogens is 331 g/mol. The molecule has 0 radical (unpaired) electrons. The maximum Gasteiger partial charge on any atom is 0.416 e. The topological polar surface area (TPSA) is 44.4 Å². The average Bonchev–Trinajstić information content (AvgIpc) is 2.55. The molecular formula is C18H20F3N3O. The Bertz CT molecular complexity index is 712. The van der Waals surface area contributed by atoms with Crippen LogP contribution in [0.2, 0.25) is 0 Å². The van der Waals surface area contributed by atoms with Gasteiger partial charge in [0.25, 0.3) is 0 Å². The second-order valence-electron chi connectivity index (χ2n) is 5.74. The first kappa shape index (κ1) is 18.6. The van der Waals surface area contributed by atoms with Gasteiger partial charge in [0.1, 0.15) is 0 Å². The molecule has 0 spiro atoms. The molecule has 0 bridgehead atoms. The number of amides is 1. The van der Waals surface area contributed by atoms with E-state index in [4.69, 9.17) is 0 Å². The lowest BCUT2D eigenvalue weighted by molar-refractivity contribution is -0.137. The van der Waals surface area contributed by atoms with Gasteiger partial charge in [0.2, 0.25) is 5.91 Å². The molecule has 0 aliphatic rings.